The second-order valence-corrected chi connectivity index (χ2v) is 5.86. The molecule has 0 fully saturated rings. The monoisotopic (exact) mass is 343 g/mol. The molecule has 0 aliphatic heterocycles. The van der Waals surface area contributed by atoms with Crippen LogP contribution in [0.25, 0.3) is 6.08 Å². The van der Waals surface area contributed by atoms with Gasteiger partial charge in [0, 0.05) is 11.8 Å². The highest BCUT2D eigenvalue weighted by Gasteiger charge is 2.00. The normalized spacial score (nSPS) is 10.7. The highest BCUT2D eigenvalue weighted by Crippen LogP contribution is 2.22. The number of amides is 1. The lowest BCUT2D eigenvalue weighted by Gasteiger charge is -2.07. The predicted molar refractivity (Wildman–Crippen MR) is 106 cm³/mol. The van der Waals surface area contributed by atoms with Crippen molar-refractivity contribution in [2.75, 3.05) is 5.32 Å². The van der Waals surface area contributed by atoms with Crippen molar-refractivity contribution >= 4 is 17.7 Å². The zero-order valence-electron chi connectivity index (χ0n) is 14.7. The average molecular weight is 343 g/mol. The Morgan fingerprint density at radius 1 is 0.885 bits per heavy atom. The number of hydrogen-bond acceptors (Lipinski definition) is 2. The van der Waals surface area contributed by atoms with E-state index in [1.54, 1.807) is 0 Å². The average Bonchev–Trinajstić information content (AvgIpc) is 2.69. The topological polar surface area (TPSA) is 38.3 Å². The van der Waals surface area contributed by atoms with Gasteiger partial charge in [-0.05, 0) is 60.0 Å². The largest absolute Gasteiger partial charge is 0.457 e. The number of para-hydroxylation sites is 1. The van der Waals surface area contributed by atoms with Gasteiger partial charge in [-0.3, -0.25) is 4.79 Å². The van der Waals surface area contributed by atoms with Gasteiger partial charge in [-0.1, -0.05) is 49.4 Å². The molecule has 0 atom stereocenters. The van der Waals surface area contributed by atoms with E-state index in [4.69, 9.17) is 4.74 Å². The zero-order chi connectivity index (χ0) is 18.2. The minimum Gasteiger partial charge on any atom is -0.457 e. The van der Waals surface area contributed by atoms with Crippen LogP contribution in [-0.4, -0.2) is 5.91 Å². The molecule has 0 heterocycles. The van der Waals surface area contributed by atoms with Crippen molar-refractivity contribution in [3.8, 4) is 11.5 Å². The number of aryl methyl sites for hydroxylation is 1. The number of hydrogen-bond donors (Lipinski definition) is 1. The summed E-state index contributed by atoms with van der Waals surface area (Å²) in [6.45, 7) is 2.12. The Bertz CT molecular complexity index is 866. The summed E-state index contributed by atoms with van der Waals surface area (Å²) in [5.74, 6) is 1.34. The van der Waals surface area contributed by atoms with Gasteiger partial charge in [0.25, 0.3) is 0 Å². The van der Waals surface area contributed by atoms with Crippen LogP contribution >= 0.6 is 0 Å². The number of carbonyl (C=O) groups excluding carboxylic acids is 1. The fourth-order valence-corrected chi connectivity index (χ4v) is 2.45. The number of anilines is 1. The van der Waals surface area contributed by atoms with Crippen molar-refractivity contribution in [1.82, 2.24) is 0 Å². The highest BCUT2D eigenvalue weighted by molar-refractivity contribution is 6.01. The van der Waals surface area contributed by atoms with Gasteiger partial charge in [0.2, 0.25) is 5.91 Å². The molecule has 0 aliphatic carbocycles. The molecule has 0 aliphatic rings. The number of benzene rings is 3. The summed E-state index contributed by atoms with van der Waals surface area (Å²) in [5.41, 5.74) is 3.01. The summed E-state index contributed by atoms with van der Waals surface area (Å²) >= 11 is 0. The molecule has 3 nitrogen and oxygen atoms in total. The van der Waals surface area contributed by atoms with Gasteiger partial charge < -0.3 is 10.1 Å². The molecule has 0 bridgehead atoms. The molecule has 0 saturated heterocycles. The summed E-state index contributed by atoms with van der Waals surface area (Å²) in [6, 6.07) is 25.0. The quantitative estimate of drug-likeness (QED) is 0.584. The van der Waals surface area contributed by atoms with E-state index in [0.29, 0.717) is 0 Å². The molecular formula is C23H21NO2. The van der Waals surface area contributed by atoms with Crippen LogP contribution in [0.15, 0.2) is 84.9 Å². The molecule has 0 aromatic heterocycles. The van der Waals surface area contributed by atoms with E-state index in [0.717, 1.165) is 29.2 Å². The smallest absolute Gasteiger partial charge is 0.248 e. The van der Waals surface area contributed by atoms with E-state index < -0.39 is 0 Å². The van der Waals surface area contributed by atoms with Crippen LogP contribution in [0.5, 0.6) is 11.5 Å². The van der Waals surface area contributed by atoms with Crippen molar-refractivity contribution in [1.29, 1.82) is 0 Å². The molecule has 130 valence electrons. The van der Waals surface area contributed by atoms with Crippen molar-refractivity contribution in [2.24, 2.45) is 0 Å². The molecule has 3 rings (SSSR count). The molecule has 0 radical (unpaired) electrons. The number of carbonyl (C=O) groups is 1. The SMILES string of the molecule is CCc1ccc(/C=C/C(=O)Nc2ccc(Oc3ccccc3)cc2)cc1. The Labute approximate surface area is 154 Å². The van der Waals surface area contributed by atoms with E-state index in [-0.39, 0.29) is 5.91 Å². The Morgan fingerprint density at radius 3 is 2.19 bits per heavy atom. The Hall–Kier alpha value is -3.33. The van der Waals surface area contributed by atoms with Crippen LogP contribution in [0.4, 0.5) is 5.69 Å². The van der Waals surface area contributed by atoms with Crippen LogP contribution in [-0.2, 0) is 11.2 Å². The highest BCUT2D eigenvalue weighted by atomic mass is 16.5. The molecule has 26 heavy (non-hydrogen) atoms. The van der Waals surface area contributed by atoms with Crippen molar-refractivity contribution in [3.63, 3.8) is 0 Å². The lowest BCUT2D eigenvalue weighted by molar-refractivity contribution is -0.111. The van der Waals surface area contributed by atoms with E-state index in [9.17, 15) is 4.79 Å². The Balaban J connectivity index is 1.56. The Morgan fingerprint density at radius 2 is 1.54 bits per heavy atom. The fraction of sp³-hybridized carbons (Fsp3) is 0.0870. The maximum absolute atomic E-state index is 12.1. The maximum Gasteiger partial charge on any atom is 0.248 e. The first-order valence-electron chi connectivity index (χ1n) is 8.64. The minimum atomic E-state index is -0.165. The summed E-state index contributed by atoms with van der Waals surface area (Å²) in [4.78, 5) is 12.1. The van der Waals surface area contributed by atoms with Gasteiger partial charge in [-0.2, -0.15) is 0 Å². The molecule has 0 spiro atoms. The molecule has 3 aromatic rings. The summed E-state index contributed by atoms with van der Waals surface area (Å²) in [6.07, 6.45) is 4.35. The standard InChI is InChI=1S/C23H21NO2/c1-2-18-8-10-19(11-9-18)12-17-23(25)24-20-13-15-22(16-14-20)26-21-6-4-3-5-7-21/h3-17H,2H2,1H3,(H,24,25)/b17-12+. The lowest BCUT2D eigenvalue weighted by Crippen LogP contribution is -2.07. The van der Waals surface area contributed by atoms with Gasteiger partial charge >= 0.3 is 0 Å². The maximum atomic E-state index is 12.1. The Kier molecular flexibility index (Phi) is 5.84. The van der Waals surface area contributed by atoms with E-state index in [2.05, 4.69) is 24.4 Å². The molecular weight excluding hydrogens is 322 g/mol. The third-order valence-corrected chi connectivity index (χ3v) is 3.92. The number of rotatable bonds is 6. The molecule has 3 heteroatoms. The van der Waals surface area contributed by atoms with Crippen LogP contribution in [0.1, 0.15) is 18.1 Å². The van der Waals surface area contributed by atoms with Gasteiger partial charge in [-0.15, -0.1) is 0 Å². The van der Waals surface area contributed by atoms with Gasteiger partial charge in [0.15, 0.2) is 0 Å². The lowest BCUT2D eigenvalue weighted by atomic mass is 10.1. The second-order valence-electron chi connectivity index (χ2n) is 5.86. The molecule has 0 unspecified atom stereocenters. The van der Waals surface area contributed by atoms with Gasteiger partial charge in [0.05, 0.1) is 0 Å². The van der Waals surface area contributed by atoms with Crippen LogP contribution in [0, 0.1) is 0 Å². The molecule has 0 saturated carbocycles. The third-order valence-electron chi connectivity index (χ3n) is 3.92. The molecule has 1 amide bonds. The zero-order valence-corrected chi connectivity index (χ0v) is 14.7. The van der Waals surface area contributed by atoms with E-state index in [1.165, 1.54) is 11.6 Å². The first kappa shape index (κ1) is 17.5. The van der Waals surface area contributed by atoms with Gasteiger partial charge in [0.1, 0.15) is 11.5 Å². The fourth-order valence-electron chi connectivity index (χ4n) is 2.45. The first-order chi connectivity index (χ1) is 12.7. The number of ether oxygens (including phenoxy) is 1. The first-order valence-corrected chi connectivity index (χ1v) is 8.64. The van der Waals surface area contributed by atoms with Crippen LogP contribution in [0.2, 0.25) is 0 Å². The van der Waals surface area contributed by atoms with Crippen LogP contribution < -0.4 is 10.1 Å². The molecule has 3 aromatic carbocycles. The second kappa shape index (κ2) is 8.67. The third kappa shape index (κ3) is 5.08. The van der Waals surface area contributed by atoms with E-state index >= 15 is 0 Å². The molecule has 1 N–H and O–H groups in total. The predicted octanol–water partition coefficient (Wildman–Crippen LogP) is 5.69. The van der Waals surface area contributed by atoms with Gasteiger partial charge in [-0.25, -0.2) is 0 Å². The van der Waals surface area contributed by atoms with Crippen molar-refractivity contribution < 1.29 is 9.53 Å². The van der Waals surface area contributed by atoms with Crippen LogP contribution in [0.3, 0.4) is 0 Å². The van der Waals surface area contributed by atoms with Crippen molar-refractivity contribution in [3.05, 3.63) is 96.1 Å². The minimum absolute atomic E-state index is 0.165. The summed E-state index contributed by atoms with van der Waals surface area (Å²) in [7, 11) is 0. The number of nitrogens with one attached hydrogen (secondary N) is 1. The van der Waals surface area contributed by atoms with Crippen molar-refractivity contribution in [2.45, 2.75) is 13.3 Å². The van der Waals surface area contributed by atoms with E-state index in [1.807, 2.05) is 72.8 Å². The summed E-state index contributed by atoms with van der Waals surface area (Å²) in [5, 5.41) is 2.84. The summed E-state index contributed by atoms with van der Waals surface area (Å²) < 4.78 is 5.74.